The highest BCUT2D eigenvalue weighted by Crippen LogP contribution is 2.31. The van der Waals surface area contributed by atoms with Gasteiger partial charge in [-0.05, 0) is 60.9 Å². The molecule has 1 aliphatic heterocycles. The fourth-order valence-corrected chi connectivity index (χ4v) is 4.69. The first-order valence-corrected chi connectivity index (χ1v) is 11.1. The van der Waals surface area contributed by atoms with Crippen molar-refractivity contribution in [1.29, 1.82) is 0 Å². The lowest BCUT2D eigenvalue weighted by Crippen LogP contribution is -2.31. The fourth-order valence-electron chi connectivity index (χ4n) is 3.41. The third kappa shape index (κ3) is 4.63. The summed E-state index contributed by atoms with van der Waals surface area (Å²) in [4.78, 5) is 25.4. The average Bonchev–Trinajstić information content (AvgIpc) is 3.11. The van der Waals surface area contributed by atoms with Crippen molar-refractivity contribution in [3.63, 3.8) is 0 Å². The summed E-state index contributed by atoms with van der Waals surface area (Å²) in [5.74, 6) is -0.269. The number of benzene rings is 2. The number of hydrogen-bond donors (Lipinski definition) is 2. The minimum Gasteiger partial charge on any atom is -0.375 e. The van der Waals surface area contributed by atoms with Crippen molar-refractivity contribution in [2.45, 2.75) is 31.6 Å². The molecule has 0 aromatic heterocycles. The van der Waals surface area contributed by atoms with Crippen LogP contribution in [0.15, 0.2) is 41.3 Å². The first-order chi connectivity index (χ1) is 14.2. The molecule has 0 spiro atoms. The number of nitrogens with zero attached hydrogens (tertiary/aromatic N) is 1. The second kappa shape index (κ2) is 8.85. The Morgan fingerprint density at radius 1 is 1.13 bits per heavy atom. The van der Waals surface area contributed by atoms with Gasteiger partial charge >= 0.3 is 0 Å². The molecule has 3 rings (SSSR count). The van der Waals surface area contributed by atoms with Crippen molar-refractivity contribution >= 4 is 38.9 Å². The lowest BCUT2D eigenvalue weighted by molar-refractivity contribution is -0.122. The molecular weight excluding hydrogens is 406 g/mol. The quantitative estimate of drug-likeness (QED) is 0.701. The van der Waals surface area contributed by atoms with Crippen LogP contribution in [0, 0.1) is 6.92 Å². The van der Waals surface area contributed by atoms with E-state index in [-0.39, 0.29) is 23.3 Å². The summed E-state index contributed by atoms with van der Waals surface area (Å²) < 4.78 is 33.3. The number of nitrogens with one attached hydrogen (secondary N) is 2. The number of carbonyl (C=O) groups excluding carboxylic acids is 2. The van der Waals surface area contributed by atoms with Crippen molar-refractivity contribution in [3.05, 3.63) is 47.5 Å². The summed E-state index contributed by atoms with van der Waals surface area (Å²) in [7, 11) is -2.34. The maximum Gasteiger partial charge on any atom is 0.262 e. The van der Waals surface area contributed by atoms with E-state index in [1.54, 1.807) is 49.1 Å². The van der Waals surface area contributed by atoms with Crippen LogP contribution in [-0.2, 0) is 30.8 Å². The van der Waals surface area contributed by atoms with Gasteiger partial charge in [-0.25, -0.2) is 8.42 Å². The van der Waals surface area contributed by atoms with E-state index in [0.29, 0.717) is 36.3 Å². The molecule has 0 atom stereocenters. The molecule has 2 amide bonds. The predicted molar refractivity (Wildman–Crippen MR) is 115 cm³/mol. The Labute approximate surface area is 176 Å². The molecule has 8 nitrogen and oxygen atoms in total. The van der Waals surface area contributed by atoms with Crippen molar-refractivity contribution < 1.29 is 22.7 Å². The number of methoxy groups -OCH3 is 1. The van der Waals surface area contributed by atoms with Crippen LogP contribution < -0.4 is 14.9 Å². The summed E-state index contributed by atoms with van der Waals surface area (Å²) in [6.45, 7) is 3.96. The van der Waals surface area contributed by atoms with E-state index in [4.69, 9.17) is 4.74 Å². The molecule has 2 aromatic rings. The Morgan fingerprint density at radius 3 is 2.53 bits per heavy atom. The number of carbonyl (C=O) groups is 2. The van der Waals surface area contributed by atoms with Gasteiger partial charge in [-0.3, -0.25) is 14.3 Å². The minimum atomic E-state index is -3.81. The van der Waals surface area contributed by atoms with E-state index < -0.39 is 10.0 Å². The van der Waals surface area contributed by atoms with Gasteiger partial charge in [-0.15, -0.1) is 0 Å². The molecule has 0 saturated heterocycles. The van der Waals surface area contributed by atoms with Gasteiger partial charge < -0.3 is 15.0 Å². The van der Waals surface area contributed by atoms with Crippen LogP contribution in [0.25, 0.3) is 0 Å². The van der Waals surface area contributed by atoms with E-state index in [0.717, 1.165) is 11.3 Å². The SMILES string of the molecule is CCC(=O)Nc1ccc(S(=O)(=O)Nc2ccc3c(c2)CCN3C(=O)COC)c(C)c1. The monoisotopic (exact) mass is 431 g/mol. The van der Waals surface area contributed by atoms with Crippen molar-refractivity contribution in [1.82, 2.24) is 0 Å². The molecule has 160 valence electrons. The van der Waals surface area contributed by atoms with Gasteiger partial charge in [0.25, 0.3) is 15.9 Å². The van der Waals surface area contributed by atoms with E-state index in [9.17, 15) is 18.0 Å². The minimum absolute atomic E-state index is 0.00179. The standard InChI is InChI=1S/C21H25N3O5S/c1-4-20(25)22-16-6-8-19(14(2)11-16)30(27,28)23-17-5-7-18-15(12-17)9-10-24(18)21(26)13-29-3/h5-8,11-12,23H,4,9-10,13H2,1-3H3,(H,22,25). The molecular formula is C21H25N3O5S. The Kier molecular flexibility index (Phi) is 6.42. The van der Waals surface area contributed by atoms with Crippen molar-refractivity contribution in [2.75, 3.05) is 35.2 Å². The number of aryl methyl sites for hydroxylation is 1. The zero-order valence-corrected chi connectivity index (χ0v) is 18.0. The third-order valence-electron chi connectivity index (χ3n) is 4.87. The number of amides is 2. The summed E-state index contributed by atoms with van der Waals surface area (Å²) in [5, 5.41) is 2.72. The highest BCUT2D eigenvalue weighted by atomic mass is 32.2. The fraction of sp³-hybridized carbons (Fsp3) is 0.333. The number of sulfonamides is 1. The van der Waals surface area contributed by atoms with Crippen molar-refractivity contribution in [2.24, 2.45) is 0 Å². The van der Waals surface area contributed by atoms with Gasteiger partial charge in [0.05, 0.1) is 4.90 Å². The second-order valence-electron chi connectivity index (χ2n) is 7.06. The smallest absolute Gasteiger partial charge is 0.262 e. The maximum atomic E-state index is 12.9. The molecule has 30 heavy (non-hydrogen) atoms. The summed E-state index contributed by atoms with van der Waals surface area (Å²) >= 11 is 0. The molecule has 9 heteroatoms. The first-order valence-electron chi connectivity index (χ1n) is 9.60. The Morgan fingerprint density at radius 2 is 1.87 bits per heavy atom. The van der Waals surface area contributed by atoms with E-state index in [2.05, 4.69) is 10.0 Å². The van der Waals surface area contributed by atoms with Crippen LogP contribution in [0.2, 0.25) is 0 Å². The van der Waals surface area contributed by atoms with Gasteiger partial charge in [-0.1, -0.05) is 6.92 Å². The molecule has 0 radical (unpaired) electrons. The Bertz CT molecular complexity index is 1080. The molecule has 0 unspecified atom stereocenters. The molecule has 2 aromatic carbocycles. The van der Waals surface area contributed by atoms with Crippen LogP contribution >= 0.6 is 0 Å². The summed E-state index contributed by atoms with van der Waals surface area (Å²) in [6.07, 6.45) is 0.985. The van der Waals surface area contributed by atoms with Gasteiger partial charge in [0, 0.05) is 37.1 Å². The van der Waals surface area contributed by atoms with Gasteiger partial charge in [0.15, 0.2) is 0 Å². The molecule has 0 saturated carbocycles. The number of hydrogen-bond acceptors (Lipinski definition) is 5. The van der Waals surface area contributed by atoms with Crippen LogP contribution in [-0.4, -0.2) is 40.5 Å². The number of ether oxygens (including phenoxy) is 1. The van der Waals surface area contributed by atoms with Gasteiger partial charge in [-0.2, -0.15) is 0 Å². The van der Waals surface area contributed by atoms with Crippen LogP contribution in [0.3, 0.4) is 0 Å². The van der Waals surface area contributed by atoms with E-state index in [1.165, 1.54) is 13.2 Å². The molecule has 1 heterocycles. The maximum absolute atomic E-state index is 12.9. The van der Waals surface area contributed by atoms with E-state index >= 15 is 0 Å². The summed E-state index contributed by atoms with van der Waals surface area (Å²) in [6, 6.07) is 9.80. The van der Waals surface area contributed by atoms with Crippen LogP contribution in [0.5, 0.6) is 0 Å². The normalized spacial score (nSPS) is 13.1. The number of fused-ring (bicyclic) bond motifs is 1. The molecule has 2 N–H and O–H groups in total. The van der Waals surface area contributed by atoms with Gasteiger partial charge in [0.1, 0.15) is 6.61 Å². The lowest BCUT2D eigenvalue weighted by atomic mass is 10.1. The number of anilines is 3. The summed E-state index contributed by atoms with van der Waals surface area (Å²) in [5.41, 5.74) is 3.17. The van der Waals surface area contributed by atoms with Crippen LogP contribution in [0.4, 0.5) is 17.1 Å². The Hall–Kier alpha value is -2.91. The highest BCUT2D eigenvalue weighted by molar-refractivity contribution is 7.92. The van der Waals surface area contributed by atoms with Gasteiger partial charge in [0.2, 0.25) is 5.91 Å². The zero-order valence-electron chi connectivity index (χ0n) is 17.2. The first kappa shape index (κ1) is 21.8. The third-order valence-corrected chi connectivity index (χ3v) is 6.41. The lowest BCUT2D eigenvalue weighted by Gasteiger charge is -2.17. The zero-order chi connectivity index (χ0) is 21.9. The van der Waals surface area contributed by atoms with Crippen molar-refractivity contribution in [3.8, 4) is 0 Å². The topological polar surface area (TPSA) is 105 Å². The van der Waals surface area contributed by atoms with E-state index in [1.807, 2.05) is 0 Å². The second-order valence-corrected chi connectivity index (χ2v) is 8.71. The molecule has 1 aliphatic rings. The largest absolute Gasteiger partial charge is 0.375 e. The molecule has 0 aliphatic carbocycles. The van der Waals surface area contributed by atoms with Crippen LogP contribution in [0.1, 0.15) is 24.5 Å². The molecule has 0 fully saturated rings. The average molecular weight is 432 g/mol. The predicted octanol–water partition coefficient (Wildman–Crippen LogP) is 2.68. The molecule has 0 bridgehead atoms. The Balaban J connectivity index is 1.79. The highest BCUT2D eigenvalue weighted by Gasteiger charge is 2.25. The number of rotatable bonds is 7.